The molecule has 0 spiro atoms. The molecule has 3 unspecified atom stereocenters. The molecule has 128 valence electrons. The molecule has 1 saturated heterocycles. The van der Waals surface area contributed by atoms with Crippen molar-refractivity contribution in [2.45, 2.75) is 25.9 Å². The minimum absolute atomic E-state index is 0.207. The van der Waals surface area contributed by atoms with E-state index in [2.05, 4.69) is 5.32 Å². The van der Waals surface area contributed by atoms with Crippen molar-refractivity contribution in [1.29, 1.82) is 0 Å². The molecule has 0 radical (unpaired) electrons. The third-order valence-electron chi connectivity index (χ3n) is 3.92. The Balaban J connectivity index is 1.89. The Labute approximate surface area is 135 Å². The van der Waals surface area contributed by atoms with Gasteiger partial charge in [0.25, 0.3) is 10.1 Å². The van der Waals surface area contributed by atoms with Gasteiger partial charge in [-0.2, -0.15) is 8.42 Å². The first-order valence-electron chi connectivity index (χ1n) is 7.43. The number of fused-ring (bicyclic) bond motifs is 1. The van der Waals surface area contributed by atoms with E-state index in [1.54, 1.807) is 19.1 Å². The lowest BCUT2D eigenvalue weighted by atomic mass is 9.80. The summed E-state index contributed by atoms with van der Waals surface area (Å²) in [5.41, 5.74) is -1.01. The third kappa shape index (κ3) is 4.42. The second-order valence-electron chi connectivity index (χ2n) is 5.92. The number of rotatable bonds is 7. The maximum atomic E-state index is 11.9. The van der Waals surface area contributed by atoms with E-state index in [0.29, 0.717) is 0 Å². The van der Waals surface area contributed by atoms with Gasteiger partial charge < -0.3 is 10.1 Å². The van der Waals surface area contributed by atoms with Crippen molar-refractivity contribution in [3.8, 4) is 0 Å². The van der Waals surface area contributed by atoms with Crippen LogP contribution in [0.4, 0.5) is 0 Å². The Morgan fingerprint density at radius 2 is 2.09 bits per heavy atom. The second kappa shape index (κ2) is 6.84. The monoisotopic (exact) mass is 343 g/mol. The van der Waals surface area contributed by atoms with E-state index in [1.807, 2.05) is 12.2 Å². The smallest absolute Gasteiger partial charge is 0.314 e. The van der Waals surface area contributed by atoms with Gasteiger partial charge in [0.05, 0.1) is 11.7 Å². The van der Waals surface area contributed by atoms with Crippen molar-refractivity contribution in [3.63, 3.8) is 0 Å². The lowest BCUT2D eigenvalue weighted by molar-refractivity contribution is -0.151. The third-order valence-corrected chi connectivity index (χ3v) is 5.18. The Morgan fingerprint density at radius 3 is 2.78 bits per heavy atom. The molecule has 1 amide bonds. The lowest BCUT2D eigenvalue weighted by Crippen LogP contribution is -2.39. The van der Waals surface area contributed by atoms with Crippen LogP contribution in [0, 0.1) is 11.8 Å². The molecule has 0 saturated carbocycles. The van der Waals surface area contributed by atoms with Crippen LogP contribution in [-0.4, -0.2) is 44.8 Å². The summed E-state index contributed by atoms with van der Waals surface area (Å²) in [5, 5.41) is 2.52. The number of esters is 1. The van der Waals surface area contributed by atoms with Gasteiger partial charge in [0.2, 0.25) is 5.91 Å². The Kier molecular flexibility index (Phi) is 5.26. The normalized spacial score (nSPS) is 29.2. The number of carbonyl (C=O) groups excluding carboxylic acids is 2. The van der Waals surface area contributed by atoms with Crippen LogP contribution in [0.5, 0.6) is 0 Å². The summed E-state index contributed by atoms with van der Waals surface area (Å²) in [7, 11) is -3.75. The van der Waals surface area contributed by atoms with Gasteiger partial charge in [-0.05, 0) is 13.3 Å². The van der Waals surface area contributed by atoms with Gasteiger partial charge in [-0.3, -0.25) is 13.8 Å². The Hall–Kier alpha value is -1.67. The van der Waals surface area contributed by atoms with E-state index in [9.17, 15) is 18.0 Å². The van der Waals surface area contributed by atoms with Crippen LogP contribution in [-0.2, 0) is 28.6 Å². The van der Waals surface area contributed by atoms with Crippen molar-refractivity contribution >= 4 is 22.0 Å². The van der Waals surface area contributed by atoms with E-state index in [0.717, 1.165) is 0 Å². The number of cyclic esters (lactones) is 1. The van der Waals surface area contributed by atoms with E-state index < -0.39 is 21.6 Å². The number of allylic oxidation sites excluding steroid dienone is 2. The number of hydrogen-bond donors (Lipinski definition) is 1. The zero-order valence-electron chi connectivity index (χ0n) is 13.2. The van der Waals surface area contributed by atoms with Crippen LogP contribution in [0.2, 0.25) is 0 Å². The van der Waals surface area contributed by atoms with Crippen molar-refractivity contribution in [3.05, 3.63) is 24.3 Å². The summed E-state index contributed by atoms with van der Waals surface area (Å²) in [6.07, 6.45) is 7.42. The molecule has 0 bridgehead atoms. The Morgan fingerprint density at radius 1 is 1.39 bits per heavy atom. The van der Waals surface area contributed by atoms with E-state index in [-0.39, 0.29) is 43.1 Å². The molecule has 23 heavy (non-hydrogen) atoms. The van der Waals surface area contributed by atoms with E-state index >= 15 is 0 Å². The zero-order chi connectivity index (χ0) is 17.1. The van der Waals surface area contributed by atoms with Crippen molar-refractivity contribution in [2.24, 2.45) is 11.8 Å². The van der Waals surface area contributed by atoms with Crippen LogP contribution < -0.4 is 5.32 Å². The predicted molar refractivity (Wildman–Crippen MR) is 82.8 cm³/mol. The van der Waals surface area contributed by atoms with Crippen LogP contribution in [0.3, 0.4) is 0 Å². The van der Waals surface area contributed by atoms with Gasteiger partial charge in [0.15, 0.2) is 0 Å². The SMILES string of the molecule is CC(=O)NCCCS(=O)(=O)OCC1(C)OC(=O)C2C=CC=CC21. The molecule has 0 aromatic heterocycles. The first-order chi connectivity index (χ1) is 10.7. The fraction of sp³-hybridized carbons (Fsp3) is 0.600. The molecule has 1 fully saturated rings. The molecule has 0 aromatic rings. The average molecular weight is 343 g/mol. The zero-order valence-corrected chi connectivity index (χ0v) is 14.0. The minimum atomic E-state index is -3.75. The topological polar surface area (TPSA) is 98.8 Å². The minimum Gasteiger partial charge on any atom is -0.456 e. The average Bonchev–Trinajstić information content (AvgIpc) is 2.75. The van der Waals surface area contributed by atoms with Crippen LogP contribution >= 0.6 is 0 Å². The summed E-state index contributed by atoms with van der Waals surface area (Å²) < 4.78 is 34.2. The van der Waals surface area contributed by atoms with E-state index in [4.69, 9.17) is 8.92 Å². The standard InChI is InChI=1S/C15H21NO6S/c1-11(17)16-8-5-9-23(19,20)21-10-15(2)13-7-4-3-6-12(13)14(18)22-15/h3-4,6-7,12-13H,5,8-10H2,1-2H3,(H,16,17). The van der Waals surface area contributed by atoms with Crippen LogP contribution in [0.1, 0.15) is 20.3 Å². The molecule has 1 aliphatic carbocycles. The number of nitrogens with one attached hydrogen (secondary N) is 1. The Bertz CT molecular complexity index is 638. The van der Waals surface area contributed by atoms with Gasteiger partial charge >= 0.3 is 5.97 Å². The molecule has 0 aromatic carbocycles. The molecule has 1 heterocycles. The maximum absolute atomic E-state index is 11.9. The quantitative estimate of drug-likeness (QED) is 0.411. The molecular formula is C15H21NO6S. The second-order valence-corrected chi connectivity index (χ2v) is 7.67. The lowest BCUT2D eigenvalue weighted by Gasteiger charge is -2.28. The molecule has 2 aliphatic rings. The van der Waals surface area contributed by atoms with Gasteiger partial charge in [-0.1, -0.05) is 24.3 Å². The molecule has 7 nitrogen and oxygen atoms in total. The number of hydrogen-bond acceptors (Lipinski definition) is 6. The van der Waals surface area contributed by atoms with Gasteiger partial charge in [0, 0.05) is 19.4 Å². The summed E-state index contributed by atoms with van der Waals surface area (Å²) >= 11 is 0. The predicted octanol–water partition coefficient (Wildman–Crippen LogP) is 0.533. The van der Waals surface area contributed by atoms with Gasteiger partial charge in [-0.15, -0.1) is 0 Å². The summed E-state index contributed by atoms with van der Waals surface area (Å²) in [6, 6.07) is 0. The summed E-state index contributed by atoms with van der Waals surface area (Å²) in [6.45, 7) is 3.08. The van der Waals surface area contributed by atoms with Crippen LogP contribution in [0.25, 0.3) is 0 Å². The summed E-state index contributed by atoms with van der Waals surface area (Å²) in [4.78, 5) is 22.6. The fourth-order valence-corrected chi connectivity index (χ4v) is 3.72. The maximum Gasteiger partial charge on any atom is 0.314 e. The van der Waals surface area contributed by atoms with E-state index in [1.165, 1.54) is 6.92 Å². The number of ether oxygens (including phenoxy) is 1. The largest absolute Gasteiger partial charge is 0.456 e. The summed E-state index contributed by atoms with van der Waals surface area (Å²) in [5.74, 6) is -1.42. The van der Waals surface area contributed by atoms with Gasteiger partial charge in [-0.25, -0.2) is 0 Å². The highest BCUT2D eigenvalue weighted by atomic mass is 32.2. The molecule has 1 aliphatic heterocycles. The molecule has 8 heteroatoms. The van der Waals surface area contributed by atoms with Crippen molar-refractivity contribution < 1.29 is 26.9 Å². The van der Waals surface area contributed by atoms with Crippen LogP contribution in [0.15, 0.2) is 24.3 Å². The number of amides is 1. The van der Waals surface area contributed by atoms with Crippen molar-refractivity contribution in [2.75, 3.05) is 18.9 Å². The highest BCUT2D eigenvalue weighted by Gasteiger charge is 2.51. The fourth-order valence-electron chi connectivity index (χ4n) is 2.69. The first-order valence-corrected chi connectivity index (χ1v) is 9.01. The molecule has 3 atom stereocenters. The highest BCUT2D eigenvalue weighted by Crippen LogP contribution is 2.41. The molecular weight excluding hydrogens is 322 g/mol. The molecule has 1 N–H and O–H groups in total. The van der Waals surface area contributed by atoms with Crippen molar-refractivity contribution in [1.82, 2.24) is 5.32 Å². The number of carbonyl (C=O) groups is 2. The van der Waals surface area contributed by atoms with Gasteiger partial charge in [0.1, 0.15) is 12.2 Å². The molecule has 2 rings (SSSR count). The first kappa shape index (κ1) is 17.7. The highest BCUT2D eigenvalue weighted by molar-refractivity contribution is 7.86.